The van der Waals surface area contributed by atoms with E-state index < -0.39 is 0 Å². The Kier molecular flexibility index (Phi) is 6.12. The molecule has 0 aliphatic carbocycles. The van der Waals surface area contributed by atoms with E-state index in [0.717, 1.165) is 32.5 Å². The Morgan fingerprint density at radius 1 is 1.04 bits per heavy atom. The number of imidazole rings is 2. The van der Waals surface area contributed by atoms with Crippen molar-refractivity contribution in [2.24, 2.45) is 0 Å². The van der Waals surface area contributed by atoms with E-state index in [2.05, 4.69) is 47.1 Å². The number of aromatic nitrogens is 4. The maximum atomic E-state index is 5.69. The molecule has 0 unspecified atom stereocenters. The number of anilines is 2. The number of methoxy groups -OCH3 is 1. The molecule has 9 heteroatoms. The van der Waals surface area contributed by atoms with Gasteiger partial charge in [0.25, 0.3) is 0 Å². The number of nitrogens with two attached hydrogens (primary N) is 1. The number of halogens is 2. The van der Waals surface area contributed by atoms with Gasteiger partial charge in [0.15, 0.2) is 11.3 Å². The lowest BCUT2D eigenvalue weighted by Crippen LogP contribution is -2.08. The molecule has 0 fully saturated rings. The molecule has 4 rings (SSSR count). The molecule has 4 aromatic heterocycles. The molecule has 0 saturated carbocycles. The van der Waals surface area contributed by atoms with E-state index in [1.807, 2.05) is 45.7 Å². The van der Waals surface area contributed by atoms with Gasteiger partial charge in [0.2, 0.25) is 0 Å². The molecule has 0 aliphatic rings. The van der Waals surface area contributed by atoms with Crippen LogP contribution in [-0.4, -0.2) is 39.0 Å². The highest BCUT2D eigenvalue weighted by Gasteiger charge is 2.03. The molecule has 4 aromatic rings. The minimum atomic E-state index is 0.680. The number of pyridine rings is 2. The van der Waals surface area contributed by atoms with Crippen molar-refractivity contribution in [2.75, 3.05) is 31.3 Å². The third-order valence-electron chi connectivity index (χ3n) is 3.56. The summed E-state index contributed by atoms with van der Waals surface area (Å²) in [6, 6.07) is 3.85. The van der Waals surface area contributed by atoms with Crippen LogP contribution < -0.4 is 11.1 Å². The van der Waals surface area contributed by atoms with Crippen molar-refractivity contribution in [3.63, 3.8) is 0 Å². The molecule has 3 N–H and O–H groups in total. The molecule has 0 amide bonds. The summed E-state index contributed by atoms with van der Waals surface area (Å²) >= 11 is 6.80. The fourth-order valence-corrected chi connectivity index (χ4v) is 3.36. The Morgan fingerprint density at radius 2 is 1.65 bits per heavy atom. The molecule has 7 nitrogen and oxygen atoms in total. The summed E-state index contributed by atoms with van der Waals surface area (Å²) in [5.74, 6) is 0. The topological polar surface area (TPSA) is 81.9 Å². The first kappa shape index (κ1) is 18.7. The zero-order chi connectivity index (χ0) is 18.5. The van der Waals surface area contributed by atoms with Crippen molar-refractivity contribution < 1.29 is 4.74 Å². The second-order valence-corrected chi connectivity index (χ2v) is 7.25. The average Bonchev–Trinajstić information content (AvgIpc) is 3.24. The average molecular weight is 482 g/mol. The molecule has 0 saturated heterocycles. The standard InChI is InChI=1S/C10H12BrN3O.C7H6BrN3/c1-15-5-3-12-9-6-8(11)7-14-4-2-13-10(9)14;8-5-3-6(9)7-10-1-2-11(7)4-5/h2,4,6-7,12H,3,5H2,1H3;1-4H,9H2. The number of fused-ring (bicyclic) bond motifs is 2. The molecule has 0 atom stereocenters. The van der Waals surface area contributed by atoms with Crippen molar-refractivity contribution in [1.29, 1.82) is 0 Å². The third-order valence-corrected chi connectivity index (χ3v) is 4.43. The Hall–Kier alpha value is -2.10. The lowest BCUT2D eigenvalue weighted by atomic mass is 10.4. The molecule has 4 heterocycles. The van der Waals surface area contributed by atoms with Crippen molar-refractivity contribution in [3.05, 3.63) is 58.3 Å². The van der Waals surface area contributed by atoms with E-state index in [0.29, 0.717) is 12.3 Å². The Bertz CT molecular complexity index is 1010. The van der Waals surface area contributed by atoms with Gasteiger partial charge in [0.05, 0.1) is 18.0 Å². The Morgan fingerprint density at radius 3 is 2.35 bits per heavy atom. The van der Waals surface area contributed by atoms with Gasteiger partial charge in [-0.3, -0.25) is 0 Å². The maximum Gasteiger partial charge on any atom is 0.160 e. The van der Waals surface area contributed by atoms with E-state index in [1.54, 1.807) is 19.5 Å². The van der Waals surface area contributed by atoms with Crippen LogP contribution >= 0.6 is 31.9 Å². The summed E-state index contributed by atoms with van der Waals surface area (Å²) in [6.45, 7) is 1.45. The fraction of sp³-hybridized carbons (Fsp3) is 0.176. The van der Waals surface area contributed by atoms with E-state index in [1.165, 1.54) is 0 Å². The molecule has 0 aromatic carbocycles. The van der Waals surface area contributed by atoms with Gasteiger partial charge in [-0.05, 0) is 44.0 Å². The van der Waals surface area contributed by atoms with Crippen molar-refractivity contribution >= 4 is 54.5 Å². The molecular formula is C17H18Br2N6O. The van der Waals surface area contributed by atoms with Crippen LogP contribution in [0.15, 0.2) is 58.3 Å². The van der Waals surface area contributed by atoms with Crippen LogP contribution in [0.5, 0.6) is 0 Å². The highest BCUT2D eigenvalue weighted by atomic mass is 79.9. The monoisotopic (exact) mass is 480 g/mol. The molecule has 136 valence electrons. The molecular weight excluding hydrogens is 464 g/mol. The number of hydrogen-bond acceptors (Lipinski definition) is 5. The molecule has 0 spiro atoms. The van der Waals surface area contributed by atoms with Crippen LogP contribution in [0, 0.1) is 0 Å². The summed E-state index contributed by atoms with van der Waals surface area (Å²) in [6.07, 6.45) is 11.2. The third kappa shape index (κ3) is 4.35. The predicted molar refractivity (Wildman–Crippen MR) is 111 cm³/mol. The Labute approximate surface area is 167 Å². The largest absolute Gasteiger partial charge is 0.396 e. The van der Waals surface area contributed by atoms with Gasteiger partial charge in [-0.2, -0.15) is 0 Å². The second-order valence-electron chi connectivity index (χ2n) is 5.42. The van der Waals surface area contributed by atoms with Crippen LogP contribution in [-0.2, 0) is 4.74 Å². The highest BCUT2D eigenvalue weighted by molar-refractivity contribution is 9.10. The van der Waals surface area contributed by atoms with Gasteiger partial charge in [-0.1, -0.05) is 0 Å². The summed E-state index contributed by atoms with van der Waals surface area (Å²) in [4.78, 5) is 8.35. The highest BCUT2D eigenvalue weighted by Crippen LogP contribution is 2.21. The maximum absolute atomic E-state index is 5.69. The first-order chi connectivity index (χ1) is 12.6. The number of nitrogen functional groups attached to an aromatic ring is 1. The normalized spacial score (nSPS) is 10.7. The van der Waals surface area contributed by atoms with E-state index in [9.17, 15) is 0 Å². The van der Waals surface area contributed by atoms with Crippen molar-refractivity contribution in [2.45, 2.75) is 0 Å². The predicted octanol–water partition coefficient (Wildman–Crippen LogP) is 3.83. The molecule has 26 heavy (non-hydrogen) atoms. The number of nitrogens with zero attached hydrogens (tertiary/aromatic N) is 4. The lowest BCUT2D eigenvalue weighted by molar-refractivity contribution is 0.211. The first-order valence-corrected chi connectivity index (χ1v) is 9.40. The minimum Gasteiger partial charge on any atom is -0.396 e. The molecule has 0 bridgehead atoms. The summed E-state index contributed by atoms with van der Waals surface area (Å²) < 4.78 is 10.8. The van der Waals surface area contributed by atoms with Gasteiger partial charge >= 0.3 is 0 Å². The second kappa shape index (κ2) is 8.52. The van der Waals surface area contributed by atoms with Crippen LogP contribution in [0.2, 0.25) is 0 Å². The van der Waals surface area contributed by atoms with E-state index in [-0.39, 0.29) is 0 Å². The quantitative estimate of drug-likeness (QED) is 0.433. The summed E-state index contributed by atoms with van der Waals surface area (Å²) in [5.41, 5.74) is 9.10. The van der Waals surface area contributed by atoms with Crippen molar-refractivity contribution in [3.8, 4) is 0 Å². The number of hydrogen-bond donors (Lipinski definition) is 2. The fourth-order valence-electron chi connectivity index (χ4n) is 2.44. The molecule has 0 radical (unpaired) electrons. The van der Waals surface area contributed by atoms with Crippen LogP contribution in [0.25, 0.3) is 11.3 Å². The SMILES string of the molecule is COCCNc1cc(Br)cn2ccnc12.Nc1cc(Br)cn2ccnc12. The van der Waals surface area contributed by atoms with Crippen LogP contribution in [0.3, 0.4) is 0 Å². The number of nitrogens with one attached hydrogen (secondary N) is 1. The number of rotatable bonds is 4. The first-order valence-electron chi connectivity index (χ1n) is 7.81. The van der Waals surface area contributed by atoms with Gasteiger partial charge in [0, 0.05) is 59.8 Å². The minimum absolute atomic E-state index is 0.680. The van der Waals surface area contributed by atoms with Gasteiger partial charge in [0.1, 0.15) is 0 Å². The van der Waals surface area contributed by atoms with Crippen molar-refractivity contribution in [1.82, 2.24) is 18.8 Å². The lowest BCUT2D eigenvalue weighted by Gasteiger charge is -2.07. The number of ether oxygens (including phenoxy) is 1. The van der Waals surface area contributed by atoms with E-state index in [4.69, 9.17) is 10.5 Å². The summed E-state index contributed by atoms with van der Waals surface area (Å²) in [5, 5.41) is 3.28. The van der Waals surface area contributed by atoms with Gasteiger partial charge in [-0.25, -0.2) is 9.97 Å². The van der Waals surface area contributed by atoms with E-state index >= 15 is 0 Å². The van der Waals surface area contributed by atoms with Gasteiger partial charge in [-0.15, -0.1) is 0 Å². The zero-order valence-electron chi connectivity index (χ0n) is 14.1. The summed E-state index contributed by atoms with van der Waals surface area (Å²) in [7, 11) is 1.69. The molecule has 0 aliphatic heterocycles. The van der Waals surface area contributed by atoms with Crippen LogP contribution in [0.1, 0.15) is 0 Å². The van der Waals surface area contributed by atoms with Gasteiger partial charge < -0.3 is 24.6 Å². The zero-order valence-corrected chi connectivity index (χ0v) is 17.2. The Balaban J connectivity index is 0.000000158. The smallest absolute Gasteiger partial charge is 0.160 e. The van der Waals surface area contributed by atoms with Crippen LogP contribution in [0.4, 0.5) is 11.4 Å².